The van der Waals surface area contributed by atoms with Gasteiger partial charge in [-0.1, -0.05) is 0 Å². The summed E-state index contributed by atoms with van der Waals surface area (Å²) in [6.07, 6.45) is 3.07. The quantitative estimate of drug-likeness (QED) is 0.399. The second-order valence-corrected chi connectivity index (χ2v) is 8.43. The number of aromatic nitrogens is 1. The highest BCUT2D eigenvalue weighted by atomic mass is 32.1. The zero-order valence-electron chi connectivity index (χ0n) is 17.3. The Labute approximate surface area is 167 Å². The molecule has 1 atom stereocenters. The van der Waals surface area contributed by atoms with Gasteiger partial charge in [0.25, 0.3) is 0 Å². The van der Waals surface area contributed by atoms with Crippen molar-refractivity contribution in [3.63, 3.8) is 0 Å². The van der Waals surface area contributed by atoms with Crippen molar-refractivity contribution in [2.24, 2.45) is 4.99 Å². The van der Waals surface area contributed by atoms with E-state index in [0.29, 0.717) is 6.54 Å². The van der Waals surface area contributed by atoms with E-state index in [1.165, 1.54) is 4.88 Å². The molecule has 0 bridgehead atoms. The van der Waals surface area contributed by atoms with Gasteiger partial charge in [-0.3, -0.25) is 9.69 Å². The first-order valence-electron chi connectivity index (χ1n) is 9.82. The zero-order valence-corrected chi connectivity index (χ0v) is 18.2. The van der Waals surface area contributed by atoms with Crippen LogP contribution in [0.3, 0.4) is 0 Å². The Morgan fingerprint density at radius 1 is 1.37 bits per heavy atom. The largest absolute Gasteiger partial charge is 0.357 e. The molecule has 1 unspecified atom stereocenters. The number of likely N-dealkylation sites (tertiary alicyclic amines) is 1. The van der Waals surface area contributed by atoms with E-state index in [1.807, 2.05) is 27.9 Å². The average molecular weight is 395 g/mol. The van der Waals surface area contributed by atoms with Crippen molar-refractivity contribution in [2.45, 2.75) is 52.6 Å². The van der Waals surface area contributed by atoms with Crippen molar-refractivity contribution < 1.29 is 4.79 Å². The number of carbonyl (C=O) groups excluding carboxylic acids is 1. The maximum absolute atomic E-state index is 12.3. The molecule has 8 heteroatoms. The fourth-order valence-electron chi connectivity index (χ4n) is 3.37. The molecule has 27 heavy (non-hydrogen) atoms. The van der Waals surface area contributed by atoms with Crippen molar-refractivity contribution in [1.82, 2.24) is 25.4 Å². The summed E-state index contributed by atoms with van der Waals surface area (Å²) in [6, 6.07) is 0.0550. The molecule has 1 aromatic heterocycles. The van der Waals surface area contributed by atoms with Gasteiger partial charge in [0, 0.05) is 38.6 Å². The third-order valence-electron chi connectivity index (χ3n) is 4.73. The van der Waals surface area contributed by atoms with Crippen molar-refractivity contribution >= 4 is 23.2 Å². The number of hydrogen-bond donors (Lipinski definition) is 2. The first-order chi connectivity index (χ1) is 12.9. The molecule has 1 aliphatic heterocycles. The maximum atomic E-state index is 12.3. The molecule has 7 nitrogen and oxygen atoms in total. The lowest BCUT2D eigenvalue weighted by Crippen LogP contribution is -2.44. The third kappa shape index (κ3) is 6.46. The zero-order chi connectivity index (χ0) is 19.8. The molecule has 0 radical (unpaired) electrons. The highest BCUT2D eigenvalue weighted by molar-refractivity contribution is 7.11. The molecule has 2 rings (SSSR count). The summed E-state index contributed by atoms with van der Waals surface area (Å²) < 4.78 is 0. The minimum Gasteiger partial charge on any atom is -0.357 e. The van der Waals surface area contributed by atoms with Crippen molar-refractivity contribution in [3.8, 4) is 0 Å². The van der Waals surface area contributed by atoms with E-state index in [1.54, 1.807) is 16.2 Å². The molecule has 2 heterocycles. The second-order valence-electron chi connectivity index (χ2n) is 7.14. The first kappa shape index (κ1) is 21.6. The summed E-state index contributed by atoms with van der Waals surface area (Å²) in [5, 5.41) is 7.79. The number of thiazole rings is 1. The fourth-order valence-corrected chi connectivity index (χ4v) is 4.23. The van der Waals surface area contributed by atoms with Gasteiger partial charge in [-0.2, -0.15) is 0 Å². The van der Waals surface area contributed by atoms with Gasteiger partial charge >= 0.3 is 0 Å². The minimum atomic E-state index is 0.0550. The van der Waals surface area contributed by atoms with Crippen LogP contribution in [0.25, 0.3) is 0 Å². The normalized spacial score (nSPS) is 18.0. The Hall–Kier alpha value is -1.67. The van der Waals surface area contributed by atoms with E-state index in [0.717, 1.165) is 62.1 Å². The summed E-state index contributed by atoms with van der Waals surface area (Å²) in [4.78, 5) is 26.7. The van der Waals surface area contributed by atoms with Crippen LogP contribution in [0, 0.1) is 13.8 Å². The van der Waals surface area contributed by atoms with Gasteiger partial charge in [0.05, 0.1) is 23.3 Å². The fraction of sp³-hybridized carbons (Fsp3) is 0.737. The first-order valence-corrected chi connectivity index (χ1v) is 10.6. The van der Waals surface area contributed by atoms with Gasteiger partial charge in [-0.15, -0.1) is 11.3 Å². The molecular formula is C19H34N6OS. The predicted molar refractivity (Wildman–Crippen MR) is 112 cm³/mol. The molecule has 0 aromatic carbocycles. The molecule has 152 valence electrons. The van der Waals surface area contributed by atoms with Gasteiger partial charge in [0.2, 0.25) is 5.91 Å². The molecule has 1 saturated heterocycles. The van der Waals surface area contributed by atoms with Gasteiger partial charge in [0.1, 0.15) is 0 Å². The lowest BCUT2D eigenvalue weighted by Gasteiger charge is -2.26. The number of aryl methyl sites for hydroxylation is 2. The predicted octanol–water partition coefficient (Wildman–Crippen LogP) is 1.76. The molecule has 2 N–H and O–H groups in total. The molecule has 0 aliphatic carbocycles. The van der Waals surface area contributed by atoms with E-state index < -0.39 is 0 Å². The van der Waals surface area contributed by atoms with E-state index in [4.69, 9.17) is 0 Å². The monoisotopic (exact) mass is 394 g/mol. The Balaban J connectivity index is 1.79. The number of aliphatic imine (C=N–C) groups is 1. The van der Waals surface area contributed by atoms with Crippen molar-refractivity contribution in [3.05, 3.63) is 15.6 Å². The third-order valence-corrected chi connectivity index (χ3v) is 5.79. The number of likely N-dealkylation sites (N-methyl/N-ethyl adjacent to an activating group) is 1. The average Bonchev–Trinajstić information content (AvgIpc) is 3.21. The summed E-state index contributed by atoms with van der Waals surface area (Å²) in [5.41, 5.74) is 1.07. The van der Waals surface area contributed by atoms with Crippen LogP contribution in [0.2, 0.25) is 0 Å². The minimum absolute atomic E-state index is 0.0550. The van der Waals surface area contributed by atoms with E-state index in [-0.39, 0.29) is 11.9 Å². The van der Waals surface area contributed by atoms with Crippen molar-refractivity contribution in [2.75, 3.05) is 40.3 Å². The van der Waals surface area contributed by atoms with Crippen LogP contribution in [0.5, 0.6) is 0 Å². The van der Waals surface area contributed by atoms with Crippen LogP contribution < -0.4 is 10.6 Å². The number of hydrogen-bond acceptors (Lipinski definition) is 5. The van der Waals surface area contributed by atoms with E-state index in [2.05, 4.69) is 32.4 Å². The highest BCUT2D eigenvalue weighted by Gasteiger charge is 2.30. The molecule has 0 spiro atoms. The lowest BCUT2D eigenvalue weighted by atomic mass is 10.2. The van der Waals surface area contributed by atoms with Crippen LogP contribution in [0.1, 0.15) is 41.8 Å². The number of guanidine groups is 1. The number of nitrogens with zero attached hydrogens (tertiary/aromatic N) is 4. The van der Waals surface area contributed by atoms with Crippen LogP contribution >= 0.6 is 11.3 Å². The lowest BCUT2D eigenvalue weighted by molar-refractivity contribution is -0.133. The summed E-state index contributed by atoms with van der Waals surface area (Å²) in [7, 11) is 3.68. The SMILES string of the molecule is CCNC(=NCc1sc(C)nc1C)NCCCN1CCCC1C(=O)N(C)C. The standard InChI is InChI=1S/C19H34N6OS/c1-6-20-19(22-13-17-14(2)23-15(3)27-17)21-10-8-12-25-11-7-9-16(25)18(26)24(4)5/h16H,6-13H2,1-5H3,(H2,20,21,22). The Bertz CT molecular complexity index is 642. The van der Waals surface area contributed by atoms with Gasteiger partial charge in [0.15, 0.2) is 5.96 Å². The van der Waals surface area contributed by atoms with E-state index >= 15 is 0 Å². The molecule has 0 saturated carbocycles. The van der Waals surface area contributed by atoms with Crippen LogP contribution in [0.4, 0.5) is 0 Å². The molecule has 1 aliphatic rings. The Morgan fingerprint density at radius 3 is 2.78 bits per heavy atom. The van der Waals surface area contributed by atoms with Crippen LogP contribution in [0.15, 0.2) is 4.99 Å². The Morgan fingerprint density at radius 2 is 2.15 bits per heavy atom. The van der Waals surface area contributed by atoms with Crippen LogP contribution in [-0.2, 0) is 11.3 Å². The summed E-state index contributed by atoms with van der Waals surface area (Å²) >= 11 is 1.71. The Kier molecular flexibility index (Phi) is 8.50. The topological polar surface area (TPSA) is 72.9 Å². The van der Waals surface area contributed by atoms with Crippen LogP contribution in [-0.4, -0.2) is 73.0 Å². The molecule has 1 fully saturated rings. The number of carbonyl (C=O) groups is 1. The van der Waals surface area contributed by atoms with Gasteiger partial charge < -0.3 is 15.5 Å². The summed E-state index contributed by atoms with van der Waals surface area (Å²) in [5.74, 6) is 1.07. The van der Waals surface area contributed by atoms with Crippen molar-refractivity contribution in [1.29, 1.82) is 0 Å². The highest BCUT2D eigenvalue weighted by Crippen LogP contribution is 2.19. The summed E-state index contributed by atoms with van der Waals surface area (Å²) in [6.45, 7) is 10.4. The van der Waals surface area contributed by atoms with Gasteiger partial charge in [-0.05, 0) is 46.6 Å². The maximum Gasteiger partial charge on any atom is 0.239 e. The molecule has 1 amide bonds. The van der Waals surface area contributed by atoms with Gasteiger partial charge in [-0.25, -0.2) is 9.98 Å². The number of nitrogens with one attached hydrogen (secondary N) is 2. The smallest absolute Gasteiger partial charge is 0.239 e. The second kappa shape index (κ2) is 10.6. The number of amides is 1. The molecule has 1 aromatic rings. The number of rotatable bonds is 8. The van der Waals surface area contributed by atoms with E-state index in [9.17, 15) is 4.79 Å². The molecular weight excluding hydrogens is 360 g/mol.